The van der Waals surface area contributed by atoms with E-state index in [1.165, 1.54) is 0 Å². The molecule has 2 amide bonds. The topological polar surface area (TPSA) is 57.6 Å². The number of nitrogens with zero attached hydrogens (tertiary/aromatic N) is 1. The number of aliphatic hydroxyl groups excluding tert-OH is 1. The molecule has 1 atom stereocenters. The molecule has 0 aromatic heterocycles. The van der Waals surface area contributed by atoms with E-state index in [1.807, 2.05) is 0 Å². The Hall–Kier alpha value is -1.89. The highest BCUT2D eigenvalue weighted by molar-refractivity contribution is 6.05. The summed E-state index contributed by atoms with van der Waals surface area (Å²) in [5, 5.41) is 10.1. The van der Waals surface area contributed by atoms with E-state index in [2.05, 4.69) is 0 Å². The van der Waals surface area contributed by atoms with Gasteiger partial charge in [-0.2, -0.15) is 13.2 Å². The number of hydrogen-bond donors (Lipinski definition) is 1. The summed E-state index contributed by atoms with van der Waals surface area (Å²) < 4.78 is 37.4. The van der Waals surface area contributed by atoms with Gasteiger partial charge in [-0.3, -0.25) is 14.5 Å². The predicted molar refractivity (Wildman–Crippen MR) is 71.5 cm³/mol. The SMILES string of the molecule is CC1(C)CC(=O)N(CC(O)c2ccc(C(F)(F)F)cc2)C1=O. The Morgan fingerprint density at radius 3 is 2.18 bits per heavy atom. The van der Waals surface area contributed by atoms with Crippen molar-refractivity contribution in [2.45, 2.75) is 32.5 Å². The van der Waals surface area contributed by atoms with Crippen LogP contribution in [0.3, 0.4) is 0 Å². The number of hydrogen-bond acceptors (Lipinski definition) is 3. The number of carbonyl (C=O) groups excluding carboxylic acids is 2. The van der Waals surface area contributed by atoms with Crippen LogP contribution >= 0.6 is 0 Å². The predicted octanol–water partition coefficient (Wildman–Crippen LogP) is 2.52. The maximum Gasteiger partial charge on any atom is 0.416 e. The number of imide groups is 1. The molecule has 2 rings (SSSR count). The molecule has 1 N–H and O–H groups in total. The number of alkyl halides is 3. The Morgan fingerprint density at radius 2 is 1.77 bits per heavy atom. The average molecular weight is 315 g/mol. The molecule has 1 aliphatic heterocycles. The van der Waals surface area contributed by atoms with Crippen LogP contribution in [0.1, 0.15) is 37.5 Å². The summed E-state index contributed by atoms with van der Waals surface area (Å²) in [7, 11) is 0. The minimum absolute atomic E-state index is 0.0611. The van der Waals surface area contributed by atoms with Crippen LogP contribution in [0.5, 0.6) is 0 Å². The monoisotopic (exact) mass is 315 g/mol. The third kappa shape index (κ3) is 3.14. The Kier molecular flexibility index (Phi) is 4.04. The van der Waals surface area contributed by atoms with Crippen molar-refractivity contribution in [3.63, 3.8) is 0 Å². The molecule has 1 fully saturated rings. The van der Waals surface area contributed by atoms with Gasteiger partial charge in [-0.25, -0.2) is 0 Å². The number of β-amino-alcohol motifs (C(OH)–C–C–N with tert-alkyl or cyclic N) is 1. The van der Waals surface area contributed by atoms with E-state index >= 15 is 0 Å². The number of aliphatic hydroxyl groups is 1. The zero-order valence-electron chi connectivity index (χ0n) is 12.1. The molecule has 4 nitrogen and oxygen atoms in total. The third-order valence-corrected chi connectivity index (χ3v) is 3.70. The summed E-state index contributed by atoms with van der Waals surface area (Å²) in [5.74, 6) is -0.774. The average Bonchev–Trinajstić information content (AvgIpc) is 2.60. The van der Waals surface area contributed by atoms with Gasteiger partial charge in [0.25, 0.3) is 0 Å². The Morgan fingerprint density at radius 1 is 1.23 bits per heavy atom. The highest BCUT2D eigenvalue weighted by Crippen LogP contribution is 2.33. The molecule has 0 bridgehead atoms. The Bertz CT molecular complexity index is 593. The summed E-state index contributed by atoms with van der Waals surface area (Å²) in [4.78, 5) is 24.8. The van der Waals surface area contributed by atoms with Crippen LogP contribution < -0.4 is 0 Å². The first kappa shape index (κ1) is 16.5. The molecule has 1 aliphatic rings. The molecule has 0 saturated carbocycles. The second-order valence-corrected chi connectivity index (χ2v) is 6.01. The molecular weight excluding hydrogens is 299 g/mol. The van der Waals surface area contributed by atoms with Gasteiger partial charge in [-0.05, 0) is 17.7 Å². The number of carbonyl (C=O) groups is 2. The Balaban J connectivity index is 2.11. The fourth-order valence-corrected chi connectivity index (χ4v) is 2.39. The van der Waals surface area contributed by atoms with E-state index in [0.717, 1.165) is 29.2 Å². The molecule has 1 aromatic carbocycles. The third-order valence-electron chi connectivity index (χ3n) is 3.70. The molecular formula is C15H16F3NO3. The zero-order chi connectivity index (χ0) is 16.7. The standard InChI is InChI=1S/C15H16F3NO3/c1-14(2)7-12(21)19(13(14)22)8-11(20)9-3-5-10(6-4-9)15(16,17)18/h3-6,11,20H,7-8H2,1-2H3. The number of amides is 2. The molecule has 1 heterocycles. The second-order valence-electron chi connectivity index (χ2n) is 6.01. The number of rotatable bonds is 3. The van der Waals surface area contributed by atoms with Crippen molar-refractivity contribution in [2.75, 3.05) is 6.54 Å². The first-order chi connectivity index (χ1) is 10.0. The van der Waals surface area contributed by atoms with Gasteiger partial charge in [0.05, 0.1) is 23.6 Å². The van der Waals surface area contributed by atoms with Gasteiger partial charge in [0.2, 0.25) is 11.8 Å². The quantitative estimate of drug-likeness (QED) is 0.872. The minimum Gasteiger partial charge on any atom is -0.387 e. The largest absolute Gasteiger partial charge is 0.416 e. The van der Waals surface area contributed by atoms with Gasteiger partial charge in [0.15, 0.2) is 0 Å². The van der Waals surface area contributed by atoms with Crippen molar-refractivity contribution in [1.29, 1.82) is 0 Å². The second kappa shape index (κ2) is 5.39. The van der Waals surface area contributed by atoms with Crippen LogP contribution in [0.4, 0.5) is 13.2 Å². The Labute approximate surface area is 125 Å². The maximum absolute atomic E-state index is 12.5. The van der Waals surface area contributed by atoms with Crippen LogP contribution in [-0.4, -0.2) is 28.4 Å². The minimum atomic E-state index is -4.45. The van der Waals surface area contributed by atoms with E-state index in [1.54, 1.807) is 13.8 Å². The molecule has 0 radical (unpaired) electrons. The van der Waals surface area contributed by atoms with Crippen molar-refractivity contribution in [3.05, 3.63) is 35.4 Å². The van der Waals surface area contributed by atoms with Crippen LogP contribution in [-0.2, 0) is 15.8 Å². The summed E-state index contributed by atoms with van der Waals surface area (Å²) in [6.45, 7) is 3.02. The molecule has 120 valence electrons. The summed E-state index contributed by atoms with van der Waals surface area (Å²) in [5.41, 5.74) is -1.41. The molecule has 1 aromatic rings. The highest BCUT2D eigenvalue weighted by atomic mass is 19.4. The van der Waals surface area contributed by atoms with Crippen LogP contribution in [0, 0.1) is 5.41 Å². The molecule has 1 saturated heterocycles. The van der Waals surface area contributed by atoms with Gasteiger partial charge in [-0.1, -0.05) is 26.0 Å². The fraction of sp³-hybridized carbons (Fsp3) is 0.467. The summed E-state index contributed by atoms with van der Waals surface area (Å²) in [6.07, 6.45) is -5.61. The molecule has 0 spiro atoms. The fourth-order valence-electron chi connectivity index (χ4n) is 2.39. The number of halogens is 3. The van der Waals surface area contributed by atoms with Crippen LogP contribution in [0.15, 0.2) is 24.3 Å². The maximum atomic E-state index is 12.5. The smallest absolute Gasteiger partial charge is 0.387 e. The van der Waals surface area contributed by atoms with E-state index in [0.29, 0.717) is 0 Å². The molecule has 0 aliphatic carbocycles. The summed E-state index contributed by atoms with van der Waals surface area (Å²) in [6, 6.07) is 4.00. The van der Waals surface area contributed by atoms with Gasteiger partial charge in [0.1, 0.15) is 0 Å². The first-order valence-corrected chi connectivity index (χ1v) is 6.72. The lowest BCUT2D eigenvalue weighted by Gasteiger charge is -2.21. The lowest BCUT2D eigenvalue weighted by atomic mass is 9.92. The number of benzene rings is 1. The van der Waals surface area contributed by atoms with Gasteiger partial charge in [0, 0.05) is 6.42 Å². The van der Waals surface area contributed by atoms with Crippen molar-refractivity contribution in [1.82, 2.24) is 4.90 Å². The van der Waals surface area contributed by atoms with Crippen molar-refractivity contribution in [2.24, 2.45) is 5.41 Å². The van der Waals surface area contributed by atoms with Gasteiger partial charge >= 0.3 is 6.18 Å². The van der Waals surface area contributed by atoms with Crippen molar-refractivity contribution < 1.29 is 27.9 Å². The van der Waals surface area contributed by atoms with Gasteiger partial charge < -0.3 is 5.11 Å². The molecule has 1 unspecified atom stereocenters. The van der Waals surface area contributed by atoms with E-state index in [9.17, 15) is 27.9 Å². The van der Waals surface area contributed by atoms with E-state index in [-0.39, 0.29) is 30.3 Å². The number of likely N-dealkylation sites (tertiary alicyclic amines) is 1. The van der Waals surface area contributed by atoms with Gasteiger partial charge in [-0.15, -0.1) is 0 Å². The lowest BCUT2D eigenvalue weighted by molar-refractivity contribution is -0.142. The highest BCUT2D eigenvalue weighted by Gasteiger charge is 2.45. The molecule has 22 heavy (non-hydrogen) atoms. The van der Waals surface area contributed by atoms with Crippen LogP contribution in [0.25, 0.3) is 0 Å². The molecule has 7 heteroatoms. The first-order valence-electron chi connectivity index (χ1n) is 6.72. The normalized spacial score (nSPS) is 19.6. The lowest BCUT2D eigenvalue weighted by Crippen LogP contribution is -2.36. The zero-order valence-corrected chi connectivity index (χ0v) is 12.1. The van der Waals surface area contributed by atoms with E-state index < -0.39 is 23.3 Å². The van der Waals surface area contributed by atoms with Crippen molar-refractivity contribution >= 4 is 11.8 Å². The summed E-state index contributed by atoms with van der Waals surface area (Å²) >= 11 is 0. The van der Waals surface area contributed by atoms with E-state index in [4.69, 9.17) is 0 Å². The van der Waals surface area contributed by atoms with Crippen LogP contribution in [0.2, 0.25) is 0 Å². The van der Waals surface area contributed by atoms with Crippen molar-refractivity contribution in [3.8, 4) is 0 Å².